The van der Waals surface area contributed by atoms with Gasteiger partial charge in [-0.2, -0.15) is 0 Å². The van der Waals surface area contributed by atoms with E-state index < -0.39 is 8.07 Å². The Bertz CT molecular complexity index is 3050. The lowest BCUT2D eigenvalue weighted by atomic mass is 9.98. The van der Waals surface area contributed by atoms with Crippen LogP contribution in [0, 0.1) is 0 Å². The average Bonchev–Trinajstić information content (AvgIpc) is 3.82. The summed E-state index contributed by atoms with van der Waals surface area (Å²) in [7, 11) is -2.08. The number of hydrogen-bond acceptors (Lipinski definition) is 3. The Morgan fingerprint density at radius 1 is 0.423 bits per heavy atom. The van der Waals surface area contributed by atoms with Crippen molar-refractivity contribution in [3.63, 3.8) is 0 Å². The minimum atomic E-state index is -2.08. The molecule has 52 heavy (non-hydrogen) atoms. The lowest BCUT2D eigenvalue weighted by Crippen LogP contribution is -2.49. The van der Waals surface area contributed by atoms with Crippen LogP contribution in [0.1, 0.15) is 0 Å². The molecule has 0 N–H and O–H groups in total. The predicted octanol–water partition coefficient (Wildman–Crippen LogP) is 12.6. The summed E-state index contributed by atoms with van der Waals surface area (Å²) in [5.74, 6) is 0. The molecule has 0 fully saturated rings. The number of fused-ring (bicyclic) bond motifs is 11. The zero-order valence-electron chi connectivity index (χ0n) is 28.9. The molecule has 246 valence electrons. The van der Waals surface area contributed by atoms with E-state index in [1.165, 1.54) is 54.2 Å². The smallest absolute Gasteiger partial charge is 0.143 e. The quantitative estimate of drug-likeness (QED) is 0.173. The maximum absolute atomic E-state index is 6.60. The van der Waals surface area contributed by atoms with Crippen molar-refractivity contribution in [2.45, 2.75) is 13.1 Å². The van der Waals surface area contributed by atoms with Crippen molar-refractivity contribution in [3.05, 3.63) is 164 Å². The standard InChI is InChI=1S/C48H33NO2Si/c1-52(2)45-27-26-40-38-14-6-8-17-43(38)51-48(40)47(45)41-25-23-34(29-46(41)52)49(33-22-24-39-37-13-5-7-16-42(37)50-44(39)28-33)32-20-18-31(19-21-32)36-15-9-11-30-10-3-4-12-35(30)36/h3-29H,1-2H3. The van der Waals surface area contributed by atoms with Gasteiger partial charge in [0, 0.05) is 50.2 Å². The van der Waals surface area contributed by atoms with Crippen LogP contribution in [0.3, 0.4) is 0 Å². The van der Waals surface area contributed by atoms with Crippen molar-refractivity contribution in [2.75, 3.05) is 4.90 Å². The Morgan fingerprint density at radius 3 is 1.87 bits per heavy atom. The number of hydrogen-bond donors (Lipinski definition) is 0. The molecule has 10 aromatic rings. The minimum absolute atomic E-state index is 0.881. The number of anilines is 3. The third-order valence-electron chi connectivity index (χ3n) is 11.3. The highest BCUT2D eigenvalue weighted by molar-refractivity contribution is 7.04. The summed E-state index contributed by atoms with van der Waals surface area (Å²) in [6, 6.07) is 59.1. The molecule has 0 amide bonds. The summed E-state index contributed by atoms with van der Waals surface area (Å²) >= 11 is 0. The molecule has 3 heterocycles. The Kier molecular flexibility index (Phi) is 6.11. The molecular formula is C48H33NO2Si. The summed E-state index contributed by atoms with van der Waals surface area (Å²) in [6.45, 7) is 4.94. The normalized spacial score (nSPS) is 13.3. The van der Waals surface area contributed by atoms with Gasteiger partial charge in [-0.3, -0.25) is 0 Å². The van der Waals surface area contributed by atoms with E-state index in [4.69, 9.17) is 8.83 Å². The lowest BCUT2D eigenvalue weighted by Gasteiger charge is -2.27. The fourth-order valence-corrected chi connectivity index (χ4v) is 11.8. The molecule has 2 aromatic heterocycles. The molecule has 0 unspecified atom stereocenters. The van der Waals surface area contributed by atoms with E-state index in [0.717, 1.165) is 50.2 Å². The topological polar surface area (TPSA) is 29.5 Å². The van der Waals surface area contributed by atoms with E-state index in [1.54, 1.807) is 0 Å². The maximum atomic E-state index is 6.60. The number of rotatable bonds is 4. The molecule has 4 heteroatoms. The highest BCUT2D eigenvalue weighted by Crippen LogP contribution is 2.43. The molecule has 0 saturated carbocycles. The summed E-state index contributed by atoms with van der Waals surface area (Å²) in [5.41, 5.74) is 12.0. The monoisotopic (exact) mass is 683 g/mol. The second-order valence-electron chi connectivity index (χ2n) is 14.5. The van der Waals surface area contributed by atoms with Crippen LogP contribution in [-0.2, 0) is 0 Å². The van der Waals surface area contributed by atoms with E-state index in [2.05, 4.69) is 170 Å². The van der Waals surface area contributed by atoms with Gasteiger partial charge in [0.05, 0.1) is 0 Å². The molecule has 11 rings (SSSR count). The molecule has 1 aliphatic heterocycles. The summed E-state index contributed by atoms with van der Waals surface area (Å²) in [5, 5.41) is 9.97. The first-order chi connectivity index (χ1) is 25.5. The van der Waals surface area contributed by atoms with Crippen LogP contribution in [0.2, 0.25) is 13.1 Å². The van der Waals surface area contributed by atoms with Gasteiger partial charge in [-0.1, -0.05) is 122 Å². The fourth-order valence-electron chi connectivity index (χ4n) is 8.70. The SMILES string of the molecule is C[Si]1(C)c2cc(N(c3ccc(-c4cccc5ccccc45)cc3)c3ccc4c(c3)oc3ccccc34)ccc2-c2c1ccc1c2oc2ccccc21. The first kappa shape index (κ1) is 29.4. The Labute approximate surface area is 302 Å². The maximum Gasteiger partial charge on any atom is 0.143 e. The van der Waals surface area contributed by atoms with Crippen molar-refractivity contribution in [1.29, 1.82) is 0 Å². The number of para-hydroxylation sites is 2. The highest BCUT2D eigenvalue weighted by atomic mass is 28.3. The molecule has 0 atom stereocenters. The molecule has 1 aliphatic rings. The van der Waals surface area contributed by atoms with Gasteiger partial charge in [0.15, 0.2) is 0 Å². The minimum Gasteiger partial charge on any atom is -0.456 e. The molecule has 0 radical (unpaired) electrons. The van der Waals surface area contributed by atoms with Gasteiger partial charge in [-0.15, -0.1) is 0 Å². The Hall–Kier alpha value is -6.36. The van der Waals surface area contributed by atoms with Gasteiger partial charge in [-0.25, -0.2) is 0 Å². The van der Waals surface area contributed by atoms with E-state index in [9.17, 15) is 0 Å². The van der Waals surface area contributed by atoms with Crippen molar-refractivity contribution in [3.8, 4) is 22.3 Å². The molecule has 0 spiro atoms. The van der Waals surface area contributed by atoms with Crippen LogP contribution in [0.15, 0.2) is 173 Å². The number of nitrogens with zero attached hydrogens (tertiary/aromatic N) is 1. The van der Waals surface area contributed by atoms with Gasteiger partial charge in [-0.05, 0) is 86.4 Å². The van der Waals surface area contributed by atoms with E-state index in [1.807, 2.05) is 12.1 Å². The van der Waals surface area contributed by atoms with Crippen LogP contribution in [0.4, 0.5) is 17.1 Å². The average molecular weight is 684 g/mol. The van der Waals surface area contributed by atoms with Crippen molar-refractivity contribution in [1.82, 2.24) is 0 Å². The van der Waals surface area contributed by atoms with E-state index in [-0.39, 0.29) is 0 Å². The van der Waals surface area contributed by atoms with Crippen LogP contribution in [-0.4, -0.2) is 8.07 Å². The van der Waals surface area contributed by atoms with E-state index >= 15 is 0 Å². The largest absolute Gasteiger partial charge is 0.456 e. The molecule has 8 aromatic carbocycles. The summed E-state index contributed by atoms with van der Waals surface area (Å²) < 4.78 is 13.0. The van der Waals surface area contributed by atoms with Crippen molar-refractivity contribution in [2.24, 2.45) is 0 Å². The van der Waals surface area contributed by atoms with Gasteiger partial charge in [0.2, 0.25) is 0 Å². The summed E-state index contributed by atoms with van der Waals surface area (Å²) in [4.78, 5) is 2.38. The molecular weight excluding hydrogens is 651 g/mol. The Morgan fingerprint density at radius 2 is 1.04 bits per heavy atom. The lowest BCUT2D eigenvalue weighted by molar-refractivity contribution is 0.669. The second-order valence-corrected chi connectivity index (χ2v) is 18.8. The fraction of sp³-hybridized carbons (Fsp3) is 0.0417. The van der Waals surface area contributed by atoms with Gasteiger partial charge < -0.3 is 13.7 Å². The van der Waals surface area contributed by atoms with Crippen LogP contribution < -0.4 is 15.3 Å². The van der Waals surface area contributed by atoms with Gasteiger partial charge in [0.25, 0.3) is 0 Å². The molecule has 0 aliphatic carbocycles. The van der Waals surface area contributed by atoms with Gasteiger partial charge in [0.1, 0.15) is 30.4 Å². The molecule has 0 bridgehead atoms. The zero-order valence-corrected chi connectivity index (χ0v) is 29.9. The molecule has 3 nitrogen and oxygen atoms in total. The third-order valence-corrected chi connectivity index (χ3v) is 14.8. The van der Waals surface area contributed by atoms with Crippen molar-refractivity contribution >= 4 is 90.2 Å². The third kappa shape index (κ3) is 4.19. The van der Waals surface area contributed by atoms with Gasteiger partial charge >= 0.3 is 0 Å². The first-order valence-electron chi connectivity index (χ1n) is 17.9. The molecule has 0 saturated heterocycles. The second kappa shape index (κ2) is 10.8. The van der Waals surface area contributed by atoms with E-state index in [0.29, 0.717) is 0 Å². The van der Waals surface area contributed by atoms with Crippen LogP contribution in [0.5, 0.6) is 0 Å². The number of benzene rings is 8. The predicted molar refractivity (Wildman–Crippen MR) is 221 cm³/mol. The van der Waals surface area contributed by atoms with Crippen LogP contribution >= 0.6 is 0 Å². The number of furan rings is 2. The van der Waals surface area contributed by atoms with Crippen LogP contribution in [0.25, 0.3) is 76.9 Å². The Balaban J connectivity index is 1.09. The zero-order chi connectivity index (χ0) is 34.6. The van der Waals surface area contributed by atoms with Crippen molar-refractivity contribution < 1.29 is 8.83 Å². The first-order valence-corrected chi connectivity index (χ1v) is 20.9. The highest BCUT2D eigenvalue weighted by Gasteiger charge is 2.40. The summed E-state index contributed by atoms with van der Waals surface area (Å²) in [6.07, 6.45) is 0.